The molecule has 3 atom stereocenters. The van der Waals surface area contributed by atoms with E-state index in [-0.39, 0.29) is 24.1 Å². The summed E-state index contributed by atoms with van der Waals surface area (Å²) in [6.45, 7) is 0.910. The predicted molar refractivity (Wildman–Crippen MR) is 127 cm³/mol. The van der Waals surface area contributed by atoms with Gasteiger partial charge >= 0.3 is 0 Å². The molecule has 0 saturated carbocycles. The van der Waals surface area contributed by atoms with Crippen LogP contribution in [0.25, 0.3) is 16.6 Å². The number of aromatic amines is 1. The van der Waals surface area contributed by atoms with Gasteiger partial charge in [0.05, 0.1) is 17.8 Å². The van der Waals surface area contributed by atoms with Crippen LogP contribution in [0.2, 0.25) is 0 Å². The van der Waals surface area contributed by atoms with E-state index in [1.807, 2.05) is 30.3 Å². The first-order valence-corrected chi connectivity index (χ1v) is 11.4. The zero-order valence-corrected chi connectivity index (χ0v) is 18.9. The van der Waals surface area contributed by atoms with Gasteiger partial charge in [-0.1, -0.05) is 30.3 Å². The van der Waals surface area contributed by atoms with E-state index in [9.17, 15) is 9.90 Å². The van der Waals surface area contributed by atoms with E-state index in [4.69, 9.17) is 4.74 Å². The highest BCUT2D eigenvalue weighted by molar-refractivity contribution is 5.89. The largest absolute Gasteiger partial charge is 0.465 e. The smallest absolute Gasteiger partial charge is 0.275 e. The Labute approximate surface area is 191 Å². The van der Waals surface area contributed by atoms with Crippen LogP contribution in [0, 0.1) is 5.92 Å². The molecule has 0 radical (unpaired) electrons. The second-order valence-electron chi connectivity index (χ2n) is 9.50. The number of fused-ring (bicyclic) bond motifs is 2. The molecule has 0 amide bonds. The van der Waals surface area contributed by atoms with Crippen molar-refractivity contribution in [1.82, 2.24) is 19.2 Å². The van der Waals surface area contributed by atoms with Crippen molar-refractivity contribution in [1.29, 1.82) is 0 Å². The number of nitrogens with one attached hydrogen (secondary N) is 1. The fourth-order valence-electron chi connectivity index (χ4n) is 6.06. The summed E-state index contributed by atoms with van der Waals surface area (Å²) in [5, 5.41) is 14.5. The summed E-state index contributed by atoms with van der Waals surface area (Å²) in [6.07, 6.45) is 3.76. The Morgan fingerprint density at radius 3 is 2.76 bits per heavy atom. The molecule has 0 bridgehead atoms. The number of benzene rings is 2. The molecule has 1 aliphatic carbocycles. The molecule has 2 aromatic heterocycles. The average Bonchev–Trinajstić information content (AvgIpc) is 3.35. The number of rotatable bonds is 4. The fraction of sp³-hybridized carbons (Fsp3) is 0.346. The van der Waals surface area contributed by atoms with Gasteiger partial charge in [-0.2, -0.15) is 0 Å². The number of aromatic nitrogens is 3. The number of H-pyrrole nitrogens is 1. The molecule has 33 heavy (non-hydrogen) atoms. The number of hydrogen-bond acceptors (Lipinski definition) is 4. The number of hydrogen-bond donors (Lipinski definition) is 2. The van der Waals surface area contributed by atoms with Gasteiger partial charge in [0.15, 0.2) is 5.60 Å². The molecule has 2 N–H and O–H groups in total. The van der Waals surface area contributed by atoms with Crippen LogP contribution in [0.1, 0.15) is 17.5 Å². The van der Waals surface area contributed by atoms with Crippen molar-refractivity contribution in [2.75, 3.05) is 20.2 Å². The van der Waals surface area contributed by atoms with E-state index in [1.54, 1.807) is 0 Å². The second kappa shape index (κ2) is 7.37. The van der Waals surface area contributed by atoms with Gasteiger partial charge in [-0.3, -0.25) is 14.8 Å². The van der Waals surface area contributed by atoms with E-state index in [2.05, 4.69) is 53.1 Å². The lowest BCUT2D eigenvalue weighted by Crippen LogP contribution is -2.61. The molecule has 6 rings (SSSR count). The van der Waals surface area contributed by atoms with Gasteiger partial charge in [0.2, 0.25) is 5.88 Å². The summed E-state index contributed by atoms with van der Waals surface area (Å²) in [7, 11) is 4.19. The highest BCUT2D eigenvalue weighted by atomic mass is 16.5. The molecule has 0 spiro atoms. The first-order chi connectivity index (χ1) is 16.0. The van der Waals surface area contributed by atoms with Crippen LogP contribution in [-0.4, -0.2) is 50.6 Å². The molecule has 170 valence electrons. The van der Waals surface area contributed by atoms with Crippen LogP contribution < -0.4 is 10.3 Å². The molecule has 2 aromatic carbocycles. The summed E-state index contributed by atoms with van der Waals surface area (Å²) >= 11 is 0. The monoisotopic (exact) mass is 444 g/mol. The third-order valence-electron chi connectivity index (χ3n) is 7.43. The average molecular weight is 445 g/mol. The van der Waals surface area contributed by atoms with Crippen molar-refractivity contribution >= 4 is 10.9 Å². The van der Waals surface area contributed by atoms with Crippen LogP contribution >= 0.6 is 0 Å². The standard InChI is InChI=1S/C26H28N4O3/c1-28-15-18-11-22-26(13-17(16-31)14-29(22)2,20-9-6-10-21(28)25(18)20)33-23-12-24(32)30(27-23)19-7-4-3-5-8-19/h3-10,12,15,17,22,27,31H,11,13-14,16H2,1-2H3. The first-order valence-electron chi connectivity index (χ1n) is 11.4. The number of aliphatic hydroxyl groups is 1. The molecular formula is C26H28N4O3. The topological polar surface area (TPSA) is 75.4 Å². The summed E-state index contributed by atoms with van der Waals surface area (Å²) in [5.74, 6) is 0.520. The molecule has 1 fully saturated rings. The third kappa shape index (κ3) is 2.99. The minimum absolute atomic E-state index is 0.0784. The quantitative estimate of drug-likeness (QED) is 0.508. The molecule has 1 aliphatic heterocycles. The van der Waals surface area contributed by atoms with Gasteiger partial charge in [-0.15, -0.1) is 0 Å². The number of nitrogens with zero attached hydrogens (tertiary/aromatic N) is 3. The van der Waals surface area contributed by atoms with Crippen LogP contribution in [0.4, 0.5) is 0 Å². The predicted octanol–water partition coefficient (Wildman–Crippen LogP) is 2.80. The molecule has 4 aromatic rings. The van der Waals surface area contributed by atoms with Gasteiger partial charge in [-0.05, 0) is 49.6 Å². The summed E-state index contributed by atoms with van der Waals surface area (Å²) in [4.78, 5) is 15.1. The molecule has 1 saturated heterocycles. The molecule has 7 heteroatoms. The number of likely N-dealkylation sites (tertiary alicyclic amines) is 1. The number of likely N-dealkylation sites (N-methyl/N-ethyl adjacent to an activating group) is 1. The lowest BCUT2D eigenvalue weighted by Gasteiger charge is -2.52. The summed E-state index contributed by atoms with van der Waals surface area (Å²) in [6, 6.07) is 17.5. The van der Waals surface area contributed by atoms with Crippen LogP contribution in [0.3, 0.4) is 0 Å². The van der Waals surface area contributed by atoms with Crippen molar-refractivity contribution in [3.63, 3.8) is 0 Å². The zero-order chi connectivity index (χ0) is 22.7. The normalized spacial score (nSPS) is 24.7. The number of para-hydroxylation sites is 1. The van der Waals surface area contributed by atoms with Gasteiger partial charge in [0.1, 0.15) is 0 Å². The van der Waals surface area contributed by atoms with Crippen molar-refractivity contribution in [3.05, 3.63) is 82.3 Å². The van der Waals surface area contributed by atoms with Crippen molar-refractivity contribution in [2.45, 2.75) is 24.5 Å². The number of aliphatic hydroxyl groups excluding tert-OH is 1. The maximum absolute atomic E-state index is 12.8. The molecule has 2 aliphatic rings. The molecular weight excluding hydrogens is 416 g/mol. The van der Waals surface area contributed by atoms with E-state index in [0.29, 0.717) is 12.3 Å². The lowest BCUT2D eigenvalue weighted by molar-refractivity contribution is -0.0899. The van der Waals surface area contributed by atoms with Gasteiger partial charge < -0.3 is 14.4 Å². The fourth-order valence-corrected chi connectivity index (χ4v) is 6.06. The Kier molecular flexibility index (Phi) is 4.54. The van der Waals surface area contributed by atoms with Gasteiger partial charge in [-0.25, -0.2) is 4.68 Å². The number of piperidine rings is 1. The Morgan fingerprint density at radius 1 is 1.15 bits per heavy atom. The van der Waals surface area contributed by atoms with E-state index < -0.39 is 5.60 Å². The minimum atomic E-state index is -0.680. The highest BCUT2D eigenvalue weighted by Gasteiger charge is 2.53. The minimum Gasteiger partial charge on any atom is -0.465 e. The van der Waals surface area contributed by atoms with Gasteiger partial charge in [0, 0.05) is 42.9 Å². The summed E-state index contributed by atoms with van der Waals surface area (Å²) < 4.78 is 10.5. The van der Waals surface area contributed by atoms with E-state index in [1.165, 1.54) is 27.2 Å². The van der Waals surface area contributed by atoms with Crippen LogP contribution in [0.5, 0.6) is 5.88 Å². The third-order valence-corrected chi connectivity index (χ3v) is 7.43. The second-order valence-corrected chi connectivity index (χ2v) is 9.50. The SMILES string of the molecule is CN1CC(CO)CC2(Oc3cc(=O)n(-c4ccccc4)[nH]3)c3cccc4c3c(cn4C)CC12. The Morgan fingerprint density at radius 2 is 1.97 bits per heavy atom. The highest BCUT2D eigenvalue weighted by Crippen LogP contribution is 2.49. The number of aryl methyl sites for hydroxylation is 1. The maximum Gasteiger partial charge on any atom is 0.275 e. The van der Waals surface area contributed by atoms with Crippen LogP contribution in [-0.2, 0) is 19.1 Å². The lowest BCUT2D eigenvalue weighted by atomic mass is 9.68. The molecule has 3 unspecified atom stereocenters. The zero-order valence-electron chi connectivity index (χ0n) is 18.9. The van der Waals surface area contributed by atoms with E-state index >= 15 is 0 Å². The van der Waals surface area contributed by atoms with Gasteiger partial charge in [0.25, 0.3) is 5.56 Å². The van der Waals surface area contributed by atoms with Crippen molar-refractivity contribution in [2.24, 2.45) is 13.0 Å². The maximum atomic E-state index is 12.8. The van der Waals surface area contributed by atoms with E-state index in [0.717, 1.165) is 24.2 Å². The molecule has 7 nitrogen and oxygen atoms in total. The number of ether oxygens (including phenoxy) is 1. The Balaban J connectivity index is 1.53. The van der Waals surface area contributed by atoms with Crippen LogP contribution in [0.15, 0.2) is 65.6 Å². The Bertz CT molecular complexity index is 1390. The Hall–Kier alpha value is -3.29. The first kappa shape index (κ1) is 20.3. The van der Waals surface area contributed by atoms with Crippen molar-refractivity contribution < 1.29 is 9.84 Å². The summed E-state index contributed by atoms with van der Waals surface area (Å²) in [5.41, 5.74) is 3.54. The van der Waals surface area contributed by atoms with Crippen molar-refractivity contribution in [3.8, 4) is 11.6 Å². The molecule has 3 heterocycles.